The molecule has 0 aliphatic heterocycles. The molecule has 0 bridgehead atoms. The largest absolute Gasteiger partial charge is 0.351 e. The maximum atomic E-state index is 12.2. The molecule has 0 saturated carbocycles. The van der Waals surface area contributed by atoms with Crippen LogP contribution in [0.3, 0.4) is 0 Å². The van der Waals surface area contributed by atoms with Crippen molar-refractivity contribution in [2.24, 2.45) is 5.73 Å². The summed E-state index contributed by atoms with van der Waals surface area (Å²) in [5.41, 5.74) is 6.56. The molecule has 1 aromatic carbocycles. The number of nitrogens with zero attached hydrogens (tertiary/aromatic N) is 3. The molecule has 120 valence electrons. The van der Waals surface area contributed by atoms with Crippen molar-refractivity contribution in [3.63, 3.8) is 0 Å². The summed E-state index contributed by atoms with van der Waals surface area (Å²) in [4.78, 5) is 27.2. The molecule has 3 aromatic rings. The smallest absolute Gasteiger partial charge is 0.316 e. The Hall–Kier alpha value is -3.68. The van der Waals surface area contributed by atoms with Crippen molar-refractivity contribution < 1.29 is 9.59 Å². The van der Waals surface area contributed by atoms with Gasteiger partial charge in [0, 0.05) is 23.6 Å². The zero-order valence-electron chi connectivity index (χ0n) is 12.5. The van der Waals surface area contributed by atoms with Gasteiger partial charge in [-0.15, -0.1) is 0 Å². The van der Waals surface area contributed by atoms with E-state index in [0.29, 0.717) is 22.8 Å². The molecule has 8 nitrogen and oxygen atoms in total. The lowest BCUT2D eigenvalue weighted by molar-refractivity contribution is 0.102. The highest BCUT2D eigenvalue weighted by molar-refractivity contribution is 6.04. The molecule has 0 aliphatic carbocycles. The highest BCUT2D eigenvalue weighted by atomic mass is 16.2. The van der Waals surface area contributed by atoms with Crippen LogP contribution in [0.5, 0.6) is 0 Å². The lowest BCUT2D eigenvalue weighted by atomic mass is 10.2. The predicted molar refractivity (Wildman–Crippen MR) is 89.0 cm³/mol. The molecule has 2 aromatic heterocycles. The van der Waals surface area contributed by atoms with Crippen molar-refractivity contribution in [1.82, 2.24) is 14.8 Å². The Labute approximate surface area is 137 Å². The minimum atomic E-state index is -0.657. The van der Waals surface area contributed by atoms with Crippen LogP contribution in [0.15, 0.2) is 61.1 Å². The third-order valence-corrected chi connectivity index (χ3v) is 3.16. The van der Waals surface area contributed by atoms with Crippen molar-refractivity contribution >= 4 is 23.3 Å². The van der Waals surface area contributed by atoms with Gasteiger partial charge >= 0.3 is 6.03 Å². The summed E-state index contributed by atoms with van der Waals surface area (Å²) in [5, 5.41) is 9.26. The minimum absolute atomic E-state index is 0.283. The van der Waals surface area contributed by atoms with E-state index < -0.39 is 6.03 Å². The van der Waals surface area contributed by atoms with Crippen LogP contribution < -0.4 is 16.4 Å². The fourth-order valence-corrected chi connectivity index (χ4v) is 2.05. The van der Waals surface area contributed by atoms with Gasteiger partial charge < -0.3 is 16.4 Å². The molecule has 0 aliphatic rings. The van der Waals surface area contributed by atoms with Crippen molar-refractivity contribution in [2.45, 2.75) is 0 Å². The van der Waals surface area contributed by atoms with E-state index in [1.165, 1.54) is 0 Å². The molecule has 3 amide bonds. The predicted octanol–water partition coefficient (Wildman–Crippen LogP) is 2.01. The Kier molecular flexibility index (Phi) is 4.19. The number of anilines is 2. The van der Waals surface area contributed by atoms with E-state index in [1.807, 2.05) is 0 Å². The van der Waals surface area contributed by atoms with E-state index in [4.69, 9.17) is 5.73 Å². The van der Waals surface area contributed by atoms with Gasteiger partial charge in [0.1, 0.15) is 0 Å². The molecule has 3 rings (SSSR count). The first-order valence-corrected chi connectivity index (χ1v) is 7.06. The van der Waals surface area contributed by atoms with E-state index in [9.17, 15) is 9.59 Å². The Balaban J connectivity index is 1.67. The molecular weight excluding hydrogens is 308 g/mol. The quantitative estimate of drug-likeness (QED) is 0.681. The molecule has 0 saturated heterocycles. The maximum absolute atomic E-state index is 12.2. The van der Waals surface area contributed by atoms with Crippen LogP contribution >= 0.6 is 0 Å². The number of carbonyl (C=O) groups is 2. The molecule has 4 N–H and O–H groups in total. The molecule has 0 unspecified atom stereocenters. The minimum Gasteiger partial charge on any atom is -0.351 e. The molecule has 24 heavy (non-hydrogen) atoms. The maximum Gasteiger partial charge on any atom is 0.316 e. The number of pyridine rings is 1. The summed E-state index contributed by atoms with van der Waals surface area (Å²) in [6.07, 6.45) is 4.99. The summed E-state index contributed by atoms with van der Waals surface area (Å²) in [5.74, 6) is 0.370. The van der Waals surface area contributed by atoms with Gasteiger partial charge in [-0.1, -0.05) is 0 Å². The first kappa shape index (κ1) is 15.2. The zero-order valence-corrected chi connectivity index (χ0v) is 12.5. The van der Waals surface area contributed by atoms with Gasteiger partial charge in [-0.2, -0.15) is 5.10 Å². The van der Waals surface area contributed by atoms with Gasteiger partial charge in [0.05, 0.1) is 11.9 Å². The number of hydrogen-bond donors (Lipinski definition) is 3. The molecular formula is C16H14N6O2. The van der Waals surface area contributed by atoms with Crippen LogP contribution in [0.2, 0.25) is 0 Å². The summed E-state index contributed by atoms with van der Waals surface area (Å²) < 4.78 is 1.62. The molecule has 0 radical (unpaired) electrons. The van der Waals surface area contributed by atoms with Gasteiger partial charge in [0.25, 0.3) is 5.91 Å². The molecule has 0 fully saturated rings. The molecule has 8 heteroatoms. The summed E-state index contributed by atoms with van der Waals surface area (Å²) in [6, 6.07) is 11.0. The second kappa shape index (κ2) is 6.61. The van der Waals surface area contributed by atoms with E-state index in [2.05, 4.69) is 20.7 Å². The third kappa shape index (κ3) is 3.55. The van der Waals surface area contributed by atoms with Crippen LogP contribution in [-0.2, 0) is 0 Å². The lowest BCUT2D eigenvalue weighted by Crippen LogP contribution is -2.19. The number of benzene rings is 1. The zero-order chi connectivity index (χ0) is 16.9. The van der Waals surface area contributed by atoms with Gasteiger partial charge in [-0.05, 0) is 42.5 Å². The van der Waals surface area contributed by atoms with E-state index in [0.717, 1.165) is 0 Å². The number of amides is 3. The number of urea groups is 1. The molecule has 0 spiro atoms. The number of hydrogen-bond acceptors (Lipinski definition) is 4. The first-order chi connectivity index (χ1) is 11.6. The highest BCUT2D eigenvalue weighted by Gasteiger charge is 2.07. The normalized spacial score (nSPS) is 10.2. The number of aromatic nitrogens is 3. The van der Waals surface area contributed by atoms with Crippen molar-refractivity contribution in [1.29, 1.82) is 0 Å². The van der Waals surface area contributed by atoms with Crippen LogP contribution in [0, 0.1) is 0 Å². The monoisotopic (exact) mass is 322 g/mol. The van der Waals surface area contributed by atoms with Crippen molar-refractivity contribution in [3.8, 4) is 5.82 Å². The van der Waals surface area contributed by atoms with E-state index in [1.54, 1.807) is 65.7 Å². The Morgan fingerprint density at radius 3 is 2.33 bits per heavy atom. The first-order valence-electron chi connectivity index (χ1n) is 7.06. The number of nitrogens with two attached hydrogens (primary N) is 1. The molecule has 0 atom stereocenters. The second-order valence-electron chi connectivity index (χ2n) is 4.88. The van der Waals surface area contributed by atoms with Gasteiger partial charge in [-0.25, -0.2) is 14.5 Å². The highest BCUT2D eigenvalue weighted by Crippen LogP contribution is 2.13. The van der Waals surface area contributed by atoms with Crippen LogP contribution in [-0.4, -0.2) is 26.7 Å². The average Bonchev–Trinajstić information content (AvgIpc) is 3.10. The Bertz CT molecular complexity index is 841. The van der Waals surface area contributed by atoms with Crippen LogP contribution in [0.25, 0.3) is 5.82 Å². The number of primary amides is 1. The van der Waals surface area contributed by atoms with Gasteiger partial charge in [0.15, 0.2) is 5.82 Å². The Morgan fingerprint density at radius 2 is 1.75 bits per heavy atom. The lowest BCUT2D eigenvalue weighted by Gasteiger charge is -2.07. The topological polar surface area (TPSA) is 115 Å². The van der Waals surface area contributed by atoms with E-state index in [-0.39, 0.29) is 5.91 Å². The standard InChI is InChI=1S/C16H14N6O2/c17-16(24)21-12-4-2-11(3-5-12)15(23)20-13-6-7-14(18-10-13)22-9-1-8-19-22/h1-10H,(H,20,23)(H3,17,21,24). The second-order valence-corrected chi connectivity index (χ2v) is 4.88. The van der Waals surface area contributed by atoms with Gasteiger partial charge in [0.2, 0.25) is 0 Å². The van der Waals surface area contributed by atoms with Crippen LogP contribution in [0.4, 0.5) is 16.2 Å². The van der Waals surface area contributed by atoms with Crippen molar-refractivity contribution in [3.05, 3.63) is 66.6 Å². The summed E-state index contributed by atoms with van der Waals surface area (Å²) in [7, 11) is 0. The Morgan fingerprint density at radius 1 is 1.00 bits per heavy atom. The van der Waals surface area contributed by atoms with Gasteiger partial charge in [-0.3, -0.25) is 4.79 Å². The fourth-order valence-electron chi connectivity index (χ4n) is 2.05. The number of rotatable bonds is 4. The number of nitrogens with one attached hydrogen (secondary N) is 2. The van der Waals surface area contributed by atoms with E-state index >= 15 is 0 Å². The average molecular weight is 322 g/mol. The summed E-state index contributed by atoms with van der Waals surface area (Å²) >= 11 is 0. The summed E-state index contributed by atoms with van der Waals surface area (Å²) in [6.45, 7) is 0. The van der Waals surface area contributed by atoms with Crippen LogP contribution in [0.1, 0.15) is 10.4 Å². The SMILES string of the molecule is NC(=O)Nc1ccc(C(=O)Nc2ccc(-n3cccn3)nc2)cc1. The third-order valence-electron chi connectivity index (χ3n) is 3.16. The number of carbonyl (C=O) groups excluding carboxylic acids is 2. The van der Waals surface area contributed by atoms with Crippen molar-refractivity contribution in [2.75, 3.05) is 10.6 Å². The molecule has 2 heterocycles. The fraction of sp³-hybridized carbons (Fsp3) is 0.